The van der Waals surface area contributed by atoms with Gasteiger partial charge in [-0.15, -0.1) is 15.8 Å². The summed E-state index contributed by atoms with van der Waals surface area (Å²) in [5, 5.41) is 27.3. The van der Waals surface area contributed by atoms with Gasteiger partial charge in [-0.1, -0.05) is 54.6 Å². The first kappa shape index (κ1) is 21.2. The molecule has 0 amide bonds. The van der Waals surface area contributed by atoms with E-state index in [1.807, 2.05) is 68.4 Å². The Bertz CT molecular complexity index is 1140. The Morgan fingerprint density at radius 2 is 0.871 bits per heavy atom. The molecule has 0 aromatic heterocycles. The summed E-state index contributed by atoms with van der Waals surface area (Å²) in [7, 11) is 0. The van der Waals surface area contributed by atoms with Gasteiger partial charge >= 0.3 is 0 Å². The largest absolute Gasteiger partial charge is 0.387 e. The average Bonchev–Trinajstić information content (AvgIpc) is 2.75. The van der Waals surface area contributed by atoms with Gasteiger partial charge in [0.2, 0.25) is 0 Å². The normalized spacial score (nSPS) is 9.77. The number of nitriles is 3. The maximum absolute atomic E-state index is 9.26. The molecular weight excluding hydrogens is 390 g/mol. The number of aryl methyl sites for hydroxylation is 2. The van der Waals surface area contributed by atoms with Gasteiger partial charge in [0.15, 0.2) is 0 Å². The second kappa shape index (κ2) is 9.83. The Hall–Kier alpha value is -4.47. The summed E-state index contributed by atoms with van der Waals surface area (Å²) in [5.41, 5.74) is 4.87. The molecule has 31 heavy (non-hydrogen) atoms. The Labute approximate surface area is 181 Å². The van der Waals surface area contributed by atoms with E-state index in [0.717, 1.165) is 33.4 Å². The quantitative estimate of drug-likeness (QED) is 0.506. The lowest BCUT2D eigenvalue weighted by Gasteiger charge is -2.15. The van der Waals surface area contributed by atoms with E-state index >= 15 is 0 Å². The first-order valence-corrected chi connectivity index (χ1v) is 9.54. The van der Waals surface area contributed by atoms with Crippen molar-refractivity contribution in [2.45, 2.75) is 26.7 Å². The topological polar surface area (TPSA) is 99.1 Å². The molecule has 0 spiro atoms. The van der Waals surface area contributed by atoms with Gasteiger partial charge in [0.1, 0.15) is 17.2 Å². The van der Waals surface area contributed by atoms with Gasteiger partial charge < -0.3 is 14.2 Å². The minimum Gasteiger partial charge on any atom is -0.387 e. The van der Waals surface area contributed by atoms with Crippen LogP contribution >= 0.6 is 0 Å². The number of ether oxygens (including phenoxy) is 3. The van der Waals surface area contributed by atoms with Crippen LogP contribution in [0.4, 0.5) is 0 Å². The third-order valence-electron chi connectivity index (χ3n) is 4.97. The lowest BCUT2D eigenvalue weighted by molar-refractivity contribution is 0.487. The van der Waals surface area contributed by atoms with Crippen molar-refractivity contribution in [2.24, 2.45) is 0 Å². The standard InChI is InChI=1S/C25H19N3O3/c1-17-6-3-8-19(23(17)29-14-26)12-21-10-5-11-22(25(21)31-16-28)13-20-9-4-7-18(2)24(20)30-15-27/h3-11H,12-13H2,1-2H3. The summed E-state index contributed by atoms with van der Waals surface area (Å²) < 4.78 is 15.7. The molecule has 3 aromatic rings. The fraction of sp³-hybridized carbons (Fsp3) is 0.160. The Morgan fingerprint density at radius 3 is 1.26 bits per heavy atom. The summed E-state index contributed by atoms with van der Waals surface area (Å²) in [6.07, 6.45) is 6.07. The number of para-hydroxylation sites is 3. The van der Waals surface area contributed by atoms with Crippen molar-refractivity contribution in [1.82, 2.24) is 0 Å². The van der Waals surface area contributed by atoms with Gasteiger partial charge in [-0.25, -0.2) is 0 Å². The zero-order valence-corrected chi connectivity index (χ0v) is 17.2. The van der Waals surface area contributed by atoms with Gasteiger partial charge in [-0.05, 0) is 25.0 Å². The van der Waals surface area contributed by atoms with Crippen LogP contribution in [0.2, 0.25) is 0 Å². The van der Waals surface area contributed by atoms with E-state index in [1.165, 1.54) is 0 Å². The highest BCUT2D eigenvalue weighted by Crippen LogP contribution is 2.34. The van der Waals surface area contributed by atoms with Gasteiger partial charge in [-0.2, -0.15) is 0 Å². The Kier molecular flexibility index (Phi) is 6.74. The van der Waals surface area contributed by atoms with E-state index in [9.17, 15) is 5.26 Å². The Balaban J connectivity index is 2.04. The zero-order valence-electron chi connectivity index (χ0n) is 17.2. The van der Waals surface area contributed by atoms with E-state index in [-0.39, 0.29) is 0 Å². The lowest BCUT2D eigenvalue weighted by Crippen LogP contribution is -2.02. The number of hydrogen-bond donors (Lipinski definition) is 0. The average molecular weight is 409 g/mol. The minimum atomic E-state index is 0.416. The van der Waals surface area contributed by atoms with Crippen LogP contribution < -0.4 is 14.2 Å². The van der Waals surface area contributed by atoms with Crippen LogP contribution in [-0.2, 0) is 12.8 Å². The lowest BCUT2D eigenvalue weighted by atomic mass is 9.95. The van der Waals surface area contributed by atoms with E-state index in [0.29, 0.717) is 30.1 Å². The third-order valence-corrected chi connectivity index (χ3v) is 4.97. The molecule has 0 fully saturated rings. The maximum Gasteiger partial charge on any atom is 0.292 e. The highest BCUT2D eigenvalue weighted by Gasteiger charge is 2.17. The molecule has 0 saturated heterocycles. The van der Waals surface area contributed by atoms with Gasteiger partial charge in [-0.3, -0.25) is 0 Å². The summed E-state index contributed by atoms with van der Waals surface area (Å²) >= 11 is 0. The molecule has 0 atom stereocenters. The number of benzene rings is 3. The summed E-state index contributed by atoms with van der Waals surface area (Å²) in [5.74, 6) is 1.45. The maximum atomic E-state index is 9.26. The molecule has 0 radical (unpaired) electrons. The van der Waals surface area contributed by atoms with Crippen molar-refractivity contribution < 1.29 is 14.2 Å². The van der Waals surface area contributed by atoms with Gasteiger partial charge in [0, 0.05) is 35.1 Å². The SMILES string of the molecule is Cc1cccc(Cc2cccc(Cc3cccc(C)c3OC#N)c2OC#N)c1OC#N. The molecule has 0 bridgehead atoms. The van der Waals surface area contributed by atoms with Gasteiger partial charge in [0.05, 0.1) is 0 Å². The number of rotatable bonds is 7. The van der Waals surface area contributed by atoms with Gasteiger partial charge in [0.25, 0.3) is 18.8 Å². The first-order chi connectivity index (χ1) is 15.1. The molecule has 6 heteroatoms. The molecule has 0 unspecified atom stereocenters. The minimum absolute atomic E-state index is 0.416. The fourth-order valence-electron chi connectivity index (χ4n) is 3.59. The summed E-state index contributed by atoms with van der Waals surface area (Å²) in [6.45, 7) is 3.74. The molecule has 0 N–H and O–H groups in total. The predicted molar refractivity (Wildman–Crippen MR) is 113 cm³/mol. The van der Waals surface area contributed by atoms with E-state index in [2.05, 4.69) is 0 Å². The smallest absolute Gasteiger partial charge is 0.292 e. The van der Waals surface area contributed by atoms with E-state index < -0.39 is 0 Å². The highest BCUT2D eigenvalue weighted by atomic mass is 16.5. The first-order valence-electron chi connectivity index (χ1n) is 9.54. The monoisotopic (exact) mass is 409 g/mol. The van der Waals surface area contributed by atoms with Crippen LogP contribution in [0.25, 0.3) is 0 Å². The van der Waals surface area contributed by atoms with Crippen LogP contribution in [0.15, 0.2) is 54.6 Å². The van der Waals surface area contributed by atoms with Crippen molar-refractivity contribution in [3.63, 3.8) is 0 Å². The van der Waals surface area contributed by atoms with Crippen LogP contribution in [0.5, 0.6) is 17.2 Å². The molecule has 0 aliphatic carbocycles. The van der Waals surface area contributed by atoms with Crippen LogP contribution in [0.3, 0.4) is 0 Å². The molecule has 0 aliphatic rings. The zero-order chi connectivity index (χ0) is 22.2. The van der Waals surface area contributed by atoms with Crippen LogP contribution in [0.1, 0.15) is 33.4 Å². The molecule has 6 nitrogen and oxygen atoms in total. The molecule has 152 valence electrons. The predicted octanol–water partition coefficient (Wildman–Crippen LogP) is 5.06. The molecule has 0 heterocycles. The van der Waals surface area contributed by atoms with E-state index in [4.69, 9.17) is 24.7 Å². The van der Waals surface area contributed by atoms with Crippen molar-refractivity contribution in [3.8, 4) is 36.0 Å². The third kappa shape index (κ3) is 4.75. The molecule has 3 aromatic carbocycles. The second-order valence-corrected chi connectivity index (χ2v) is 6.97. The van der Waals surface area contributed by atoms with Crippen molar-refractivity contribution in [3.05, 3.63) is 88.0 Å². The molecular formula is C25H19N3O3. The summed E-state index contributed by atoms with van der Waals surface area (Å²) in [4.78, 5) is 0. The summed E-state index contributed by atoms with van der Waals surface area (Å²) in [6, 6.07) is 16.9. The number of hydrogen-bond acceptors (Lipinski definition) is 6. The molecule has 0 aliphatic heterocycles. The molecule has 0 saturated carbocycles. The van der Waals surface area contributed by atoms with Crippen molar-refractivity contribution in [2.75, 3.05) is 0 Å². The molecule has 3 rings (SSSR count). The van der Waals surface area contributed by atoms with Crippen LogP contribution in [-0.4, -0.2) is 0 Å². The van der Waals surface area contributed by atoms with Crippen LogP contribution in [0, 0.1) is 48.4 Å². The Morgan fingerprint density at radius 1 is 0.548 bits per heavy atom. The van der Waals surface area contributed by atoms with Crippen molar-refractivity contribution >= 4 is 0 Å². The highest BCUT2D eigenvalue weighted by molar-refractivity contribution is 5.52. The van der Waals surface area contributed by atoms with Crippen molar-refractivity contribution in [1.29, 1.82) is 15.8 Å². The fourth-order valence-corrected chi connectivity index (χ4v) is 3.59. The van der Waals surface area contributed by atoms with E-state index in [1.54, 1.807) is 18.8 Å². The number of nitrogens with zero attached hydrogens (tertiary/aromatic N) is 3. The second-order valence-electron chi connectivity index (χ2n) is 6.97.